The highest BCUT2D eigenvalue weighted by molar-refractivity contribution is 6.30. The van der Waals surface area contributed by atoms with Gasteiger partial charge in [-0.1, -0.05) is 44.5 Å². The quantitative estimate of drug-likeness (QED) is 0.508. The van der Waals surface area contributed by atoms with Crippen LogP contribution in [0.1, 0.15) is 45.0 Å². The maximum Gasteiger partial charge on any atom is 0.191 e. The third-order valence-electron chi connectivity index (χ3n) is 5.29. The zero-order valence-electron chi connectivity index (χ0n) is 16.8. The molecule has 6 nitrogen and oxygen atoms in total. The van der Waals surface area contributed by atoms with Gasteiger partial charge in [0.15, 0.2) is 5.96 Å². The number of aryl methyl sites for hydroxylation is 1. The van der Waals surface area contributed by atoms with Crippen molar-refractivity contribution in [1.29, 1.82) is 0 Å². The van der Waals surface area contributed by atoms with Crippen molar-refractivity contribution in [3.8, 4) is 0 Å². The van der Waals surface area contributed by atoms with E-state index in [2.05, 4.69) is 63.3 Å². The average molecular weight is 391 g/mol. The Morgan fingerprint density at radius 3 is 2.44 bits per heavy atom. The number of rotatable bonds is 9. The van der Waals surface area contributed by atoms with Crippen LogP contribution in [0.4, 0.5) is 0 Å². The summed E-state index contributed by atoms with van der Waals surface area (Å²) in [7, 11) is 1.80. The first-order valence-electron chi connectivity index (χ1n) is 9.65. The van der Waals surface area contributed by atoms with Crippen LogP contribution in [0.2, 0.25) is 5.02 Å². The second kappa shape index (κ2) is 10.3. The van der Waals surface area contributed by atoms with Crippen LogP contribution in [-0.4, -0.2) is 40.9 Å². The summed E-state index contributed by atoms with van der Waals surface area (Å²) in [6, 6.07) is 8.19. The third-order valence-corrected chi connectivity index (χ3v) is 5.54. The van der Waals surface area contributed by atoms with Crippen LogP contribution >= 0.6 is 11.6 Å². The number of aliphatic imine (C=N–C) groups is 1. The predicted molar refractivity (Wildman–Crippen MR) is 112 cm³/mol. The number of guanidine groups is 1. The number of benzene rings is 1. The van der Waals surface area contributed by atoms with Gasteiger partial charge in [-0.2, -0.15) is 0 Å². The number of aromatic nitrogens is 3. The zero-order chi connectivity index (χ0) is 19.7. The Morgan fingerprint density at radius 2 is 1.85 bits per heavy atom. The number of hydrogen-bond donors (Lipinski definition) is 2. The molecule has 2 aromatic rings. The van der Waals surface area contributed by atoms with Crippen LogP contribution in [0.5, 0.6) is 0 Å². The van der Waals surface area contributed by atoms with E-state index < -0.39 is 0 Å². The summed E-state index contributed by atoms with van der Waals surface area (Å²) in [5.74, 6) is 1.81. The van der Waals surface area contributed by atoms with Gasteiger partial charge in [0.1, 0.15) is 12.2 Å². The van der Waals surface area contributed by atoms with E-state index in [0.29, 0.717) is 0 Å². The fraction of sp³-hybridized carbons (Fsp3) is 0.550. The highest BCUT2D eigenvalue weighted by Gasteiger charge is 2.28. The van der Waals surface area contributed by atoms with Gasteiger partial charge in [0.25, 0.3) is 0 Å². The maximum absolute atomic E-state index is 6.06. The van der Waals surface area contributed by atoms with Gasteiger partial charge in [0.2, 0.25) is 0 Å². The van der Waals surface area contributed by atoms with Crippen LogP contribution in [0.3, 0.4) is 0 Å². The zero-order valence-corrected chi connectivity index (χ0v) is 17.6. The molecule has 1 aromatic heterocycles. The Labute approximate surface area is 167 Å². The second-order valence-corrected chi connectivity index (χ2v) is 7.08. The van der Waals surface area contributed by atoms with Gasteiger partial charge < -0.3 is 15.2 Å². The van der Waals surface area contributed by atoms with Crippen LogP contribution in [0, 0.1) is 0 Å². The van der Waals surface area contributed by atoms with E-state index in [9.17, 15) is 0 Å². The number of nitrogens with zero attached hydrogens (tertiary/aromatic N) is 4. The van der Waals surface area contributed by atoms with Crippen molar-refractivity contribution in [2.45, 2.75) is 52.0 Å². The molecule has 0 aliphatic carbocycles. The lowest BCUT2D eigenvalue weighted by atomic mass is 9.76. The fourth-order valence-electron chi connectivity index (χ4n) is 3.32. The Balaban J connectivity index is 1.95. The summed E-state index contributed by atoms with van der Waals surface area (Å²) in [4.78, 5) is 4.36. The molecular weight excluding hydrogens is 360 g/mol. The summed E-state index contributed by atoms with van der Waals surface area (Å²) in [6.45, 7) is 8.93. The van der Waals surface area contributed by atoms with Crippen LogP contribution in [-0.2, 0) is 18.4 Å². The first-order valence-corrected chi connectivity index (χ1v) is 10.0. The molecule has 2 N–H and O–H groups in total. The van der Waals surface area contributed by atoms with Crippen molar-refractivity contribution in [3.05, 3.63) is 47.0 Å². The molecule has 0 bridgehead atoms. The van der Waals surface area contributed by atoms with Gasteiger partial charge >= 0.3 is 0 Å². The summed E-state index contributed by atoms with van der Waals surface area (Å²) in [5, 5.41) is 15.7. The Bertz CT molecular complexity index is 718. The van der Waals surface area contributed by atoms with Crippen molar-refractivity contribution in [1.82, 2.24) is 25.4 Å². The normalized spacial score (nSPS) is 12.3. The van der Waals surface area contributed by atoms with Gasteiger partial charge in [-0.15, -0.1) is 10.2 Å². The van der Waals surface area contributed by atoms with E-state index in [-0.39, 0.29) is 5.41 Å². The van der Waals surface area contributed by atoms with Crippen LogP contribution in [0.25, 0.3) is 0 Å². The van der Waals surface area contributed by atoms with E-state index >= 15 is 0 Å². The molecule has 0 radical (unpaired) electrons. The number of halogens is 1. The molecule has 0 atom stereocenters. The largest absolute Gasteiger partial charge is 0.356 e. The molecule has 0 amide bonds. The van der Waals surface area contributed by atoms with Crippen molar-refractivity contribution >= 4 is 17.6 Å². The smallest absolute Gasteiger partial charge is 0.191 e. The van der Waals surface area contributed by atoms with Gasteiger partial charge in [-0.3, -0.25) is 4.99 Å². The monoisotopic (exact) mass is 390 g/mol. The maximum atomic E-state index is 6.06. The number of hydrogen-bond acceptors (Lipinski definition) is 3. The molecule has 0 spiro atoms. The fourth-order valence-corrected chi connectivity index (χ4v) is 3.45. The van der Waals surface area contributed by atoms with Crippen molar-refractivity contribution < 1.29 is 0 Å². The van der Waals surface area contributed by atoms with E-state index in [4.69, 9.17) is 11.6 Å². The minimum atomic E-state index is 0.0475. The molecule has 7 heteroatoms. The Kier molecular flexibility index (Phi) is 8.10. The van der Waals surface area contributed by atoms with Crippen molar-refractivity contribution in [3.63, 3.8) is 0 Å². The van der Waals surface area contributed by atoms with Gasteiger partial charge in [0, 0.05) is 43.5 Å². The summed E-state index contributed by atoms with van der Waals surface area (Å²) in [6.07, 6.45) is 4.73. The van der Waals surface area contributed by atoms with Gasteiger partial charge in [0.05, 0.1) is 0 Å². The lowest BCUT2D eigenvalue weighted by Crippen LogP contribution is -2.46. The highest BCUT2D eigenvalue weighted by Crippen LogP contribution is 2.31. The molecule has 0 aliphatic heterocycles. The van der Waals surface area contributed by atoms with Gasteiger partial charge in [-0.05, 0) is 30.5 Å². The summed E-state index contributed by atoms with van der Waals surface area (Å²) in [5.41, 5.74) is 1.35. The van der Waals surface area contributed by atoms with Crippen LogP contribution < -0.4 is 10.6 Å². The Morgan fingerprint density at radius 1 is 1.15 bits per heavy atom. The molecule has 27 heavy (non-hydrogen) atoms. The topological polar surface area (TPSA) is 67.1 Å². The third kappa shape index (κ3) is 5.45. The van der Waals surface area contributed by atoms with Crippen molar-refractivity contribution in [2.24, 2.45) is 4.99 Å². The van der Waals surface area contributed by atoms with E-state index in [1.807, 2.05) is 12.1 Å². The first kappa shape index (κ1) is 21.2. The molecule has 0 saturated carbocycles. The average Bonchev–Trinajstić information content (AvgIpc) is 3.16. The van der Waals surface area contributed by atoms with Gasteiger partial charge in [-0.25, -0.2) is 0 Å². The van der Waals surface area contributed by atoms with Crippen molar-refractivity contribution in [2.75, 3.05) is 20.1 Å². The molecule has 0 saturated heterocycles. The minimum Gasteiger partial charge on any atom is -0.356 e. The predicted octanol–water partition coefficient (Wildman–Crippen LogP) is 3.42. The summed E-state index contributed by atoms with van der Waals surface area (Å²) >= 11 is 6.06. The standard InChI is InChI=1S/C20H31ClN6/c1-5-18-26-25-15-27(18)13-12-23-19(22-4)24-14-20(6-2,7-3)16-8-10-17(21)11-9-16/h8-11,15H,5-7,12-14H2,1-4H3,(H2,22,23,24). The molecule has 0 aliphatic rings. The lowest BCUT2D eigenvalue weighted by Gasteiger charge is -2.33. The molecule has 148 valence electrons. The highest BCUT2D eigenvalue weighted by atomic mass is 35.5. The molecule has 1 heterocycles. The molecular formula is C20H31ClN6. The number of nitrogens with one attached hydrogen (secondary N) is 2. The SMILES string of the molecule is CCc1nncn1CCNC(=NC)NCC(CC)(CC)c1ccc(Cl)cc1. The Hall–Kier alpha value is -2.08. The molecule has 1 aromatic carbocycles. The molecule has 2 rings (SSSR count). The van der Waals surface area contributed by atoms with E-state index in [1.165, 1.54) is 5.56 Å². The summed E-state index contributed by atoms with van der Waals surface area (Å²) < 4.78 is 2.07. The lowest BCUT2D eigenvalue weighted by molar-refractivity contribution is 0.389. The second-order valence-electron chi connectivity index (χ2n) is 6.64. The first-order chi connectivity index (χ1) is 13.1. The van der Waals surface area contributed by atoms with Crippen LogP contribution in [0.15, 0.2) is 35.6 Å². The minimum absolute atomic E-state index is 0.0475. The van der Waals surface area contributed by atoms with E-state index in [1.54, 1.807) is 13.4 Å². The molecule has 0 fully saturated rings. The molecule has 0 unspecified atom stereocenters. The van der Waals surface area contributed by atoms with E-state index in [0.717, 1.165) is 55.7 Å².